The minimum absolute atomic E-state index is 0. The number of rotatable bonds is 0. The molecule has 1 heterocycles. The van der Waals surface area contributed by atoms with E-state index in [2.05, 4.69) is 0 Å². The molecule has 0 radical (unpaired) electrons. The average molecular weight is 106 g/mol. The van der Waals surface area contributed by atoms with Crippen LogP contribution in [0.3, 0.4) is 0 Å². The van der Waals surface area contributed by atoms with Gasteiger partial charge in [0.05, 0.1) is 0 Å². The van der Waals surface area contributed by atoms with Crippen LogP contribution in [0.1, 0.15) is 0 Å². The maximum absolute atomic E-state index is 2.00. The second-order valence-electron chi connectivity index (χ2n) is 1.15. The summed E-state index contributed by atoms with van der Waals surface area (Å²) >= 11 is 0. The number of hydrogen-bond donors (Lipinski definition) is 0. The normalized spacial score (nSPS) is 6.29. The van der Waals surface area contributed by atoms with Crippen LogP contribution in [0.5, 0.6) is 0 Å². The molecule has 0 fully saturated rings. The van der Waals surface area contributed by atoms with E-state index in [1.165, 1.54) is 0 Å². The fourth-order valence-electron chi connectivity index (χ4n) is 0.385. The van der Waals surface area contributed by atoms with Gasteiger partial charge in [-0.3, -0.25) is 0 Å². The van der Waals surface area contributed by atoms with E-state index in [9.17, 15) is 0 Å². The van der Waals surface area contributed by atoms with Crippen LogP contribution in [0.25, 0.3) is 0 Å². The first-order valence-corrected chi connectivity index (χ1v) is 2.00. The van der Waals surface area contributed by atoms with Crippen molar-refractivity contribution in [3.63, 3.8) is 0 Å². The average Bonchev–Trinajstić information content (AvgIpc) is 1.72. The molecule has 0 saturated carbocycles. The maximum atomic E-state index is 2.00. The van der Waals surface area contributed by atoms with E-state index >= 15 is 0 Å². The minimum atomic E-state index is 0. The molecule has 0 bridgehead atoms. The van der Waals surface area contributed by atoms with Gasteiger partial charge in [-0.1, -0.05) is 0 Å². The molecule has 2 heteroatoms. The molecule has 0 aliphatic heterocycles. The van der Waals surface area contributed by atoms with Crippen molar-refractivity contribution in [1.82, 2.24) is 0 Å². The van der Waals surface area contributed by atoms with E-state index in [1.807, 2.05) is 37.0 Å². The van der Waals surface area contributed by atoms with Crippen molar-refractivity contribution in [3.05, 3.63) is 30.1 Å². The zero-order valence-corrected chi connectivity index (χ0v) is 3.46. The van der Waals surface area contributed by atoms with Gasteiger partial charge in [-0.25, -0.2) is 0 Å². The van der Waals surface area contributed by atoms with Gasteiger partial charge in [-0.15, -0.1) is 0 Å². The summed E-state index contributed by atoms with van der Waals surface area (Å²) < 4.78 is 0. The molecule has 1 rings (SSSR count). The van der Waals surface area contributed by atoms with Gasteiger partial charge in [0, 0.05) is 0 Å². The van der Waals surface area contributed by atoms with Gasteiger partial charge < -0.3 is 0 Å². The van der Waals surface area contributed by atoms with Crippen LogP contribution in [0.15, 0.2) is 30.1 Å². The van der Waals surface area contributed by atoms with Gasteiger partial charge in [0.1, 0.15) is 0 Å². The third kappa shape index (κ3) is 2.62. The fourth-order valence-corrected chi connectivity index (χ4v) is 0.385. The van der Waals surface area contributed by atoms with Crippen LogP contribution in [0.2, 0.25) is 0 Å². The number of hydrogen-bond acceptors (Lipinski definition) is 0. The first kappa shape index (κ1) is 6.95. The molecular formula is C5H8AlB. The molecule has 0 aromatic carbocycles. The predicted octanol–water partition coefficient (Wildman–Crippen LogP) is -0.159. The third-order valence-electron chi connectivity index (χ3n) is 0.667. The summed E-state index contributed by atoms with van der Waals surface area (Å²) in [5.74, 6) is 4.00. The molecule has 0 unspecified atom stereocenters. The van der Waals surface area contributed by atoms with Crippen LogP contribution in [0, 0.1) is 0 Å². The predicted molar refractivity (Wildman–Crippen MR) is 37.7 cm³/mol. The Labute approximate surface area is 54.9 Å². The molecule has 0 amide bonds. The van der Waals surface area contributed by atoms with Gasteiger partial charge in [0.2, 0.25) is 0 Å². The van der Waals surface area contributed by atoms with Gasteiger partial charge >= 0.3 is 37.0 Å². The molecule has 0 spiro atoms. The van der Waals surface area contributed by atoms with Gasteiger partial charge in [-0.05, 0) is 0 Å². The van der Waals surface area contributed by atoms with Crippen LogP contribution in [0.4, 0.5) is 0 Å². The standard InChI is InChI=1S/C5H5B.Al.3H/c1-2-4-6-5-3-1;;;;/h1-5H;;;;. The Bertz CT molecular complexity index is 80.0. The van der Waals surface area contributed by atoms with Crippen molar-refractivity contribution in [2.45, 2.75) is 0 Å². The van der Waals surface area contributed by atoms with Crippen molar-refractivity contribution in [2.24, 2.45) is 0 Å². The van der Waals surface area contributed by atoms with E-state index in [4.69, 9.17) is 0 Å². The molecule has 0 N–H and O–H groups in total. The van der Waals surface area contributed by atoms with Crippen LogP contribution in [-0.2, 0) is 0 Å². The SMILES string of the molecule is [AlH3].b1ccccc1. The van der Waals surface area contributed by atoms with Crippen molar-refractivity contribution >= 4 is 24.3 Å². The summed E-state index contributed by atoms with van der Waals surface area (Å²) in [7, 11) is 0. The Morgan fingerprint density at radius 1 is 0.857 bits per heavy atom. The van der Waals surface area contributed by atoms with Gasteiger partial charge in [-0.2, -0.15) is 0 Å². The molecular weight excluding hydrogens is 97.8 g/mol. The topological polar surface area (TPSA) is 0 Å². The van der Waals surface area contributed by atoms with E-state index in [1.54, 1.807) is 0 Å². The van der Waals surface area contributed by atoms with Crippen molar-refractivity contribution in [1.29, 1.82) is 0 Å². The van der Waals surface area contributed by atoms with Crippen molar-refractivity contribution < 1.29 is 0 Å². The molecule has 1 aromatic heterocycles. The van der Waals surface area contributed by atoms with Crippen molar-refractivity contribution in [3.8, 4) is 0 Å². The summed E-state index contributed by atoms with van der Waals surface area (Å²) in [6.45, 7) is 2.00. The van der Waals surface area contributed by atoms with E-state index in [-0.39, 0.29) is 17.4 Å². The molecule has 1 aromatic rings. The fraction of sp³-hybridized carbons (Fsp3) is 0. The zero-order chi connectivity index (χ0) is 4.24. The Morgan fingerprint density at radius 3 is 1.57 bits per heavy atom. The zero-order valence-electron chi connectivity index (χ0n) is 3.46. The van der Waals surface area contributed by atoms with Crippen LogP contribution < -0.4 is 0 Å². The van der Waals surface area contributed by atoms with Gasteiger partial charge in [0.15, 0.2) is 17.4 Å². The third-order valence-corrected chi connectivity index (χ3v) is 0.667. The van der Waals surface area contributed by atoms with Crippen LogP contribution >= 0.6 is 0 Å². The second kappa shape index (κ2) is 4.12. The molecule has 0 nitrogen and oxygen atoms in total. The van der Waals surface area contributed by atoms with E-state index in [0.29, 0.717) is 0 Å². The molecule has 0 atom stereocenters. The Balaban J connectivity index is 0.000000360. The Hall–Kier alpha value is -0.0526. The molecule has 0 aliphatic carbocycles. The molecule has 34 valence electrons. The summed E-state index contributed by atoms with van der Waals surface area (Å²) in [6.07, 6.45) is 0. The Kier molecular flexibility index (Phi) is 4.08. The van der Waals surface area contributed by atoms with E-state index in [0.717, 1.165) is 0 Å². The molecule has 0 aliphatic rings. The molecule has 0 saturated heterocycles. The first-order chi connectivity index (χ1) is 3.00. The monoisotopic (exact) mass is 106 g/mol. The quantitative estimate of drug-likeness (QED) is 0.403. The van der Waals surface area contributed by atoms with Crippen molar-refractivity contribution in [2.75, 3.05) is 0 Å². The Morgan fingerprint density at radius 2 is 1.43 bits per heavy atom. The second-order valence-corrected chi connectivity index (χ2v) is 1.15. The van der Waals surface area contributed by atoms with E-state index < -0.39 is 0 Å². The summed E-state index contributed by atoms with van der Waals surface area (Å²) in [6, 6.07) is 6.00. The summed E-state index contributed by atoms with van der Waals surface area (Å²) in [5, 5.41) is 0. The molecule has 7 heavy (non-hydrogen) atoms. The summed E-state index contributed by atoms with van der Waals surface area (Å²) in [4.78, 5) is 0. The summed E-state index contributed by atoms with van der Waals surface area (Å²) in [5.41, 5.74) is 0. The van der Waals surface area contributed by atoms with Gasteiger partial charge in [0.25, 0.3) is 0 Å². The van der Waals surface area contributed by atoms with Crippen LogP contribution in [-0.4, -0.2) is 24.3 Å². The first-order valence-electron chi connectivity index (χ1n) is 2.00.